The van der Waals surface area contributed by atoms with E-state index in [-0.39, 0.29) is 17.0 Å². The molecule has 0 saturated heterocycles. The Morgan fingerprint density at radius 2 is 1.28 bits per heavy atom. The van der Waals surface area contributed by atoms with E-state index >= 15 is 0 Å². The normalized spacial score (nSPS) is 11.9. The second-order valence-electron chi connectivity index (χ2n) is 10.9. The second kappa shape index (κ2) is 20.8. The predicted molar refractivity (Wildman–Crippen MR) is 161 cm³/mol. The van der Waals surface area contributed by atoms with Crippen LogP contribution in [0.2, 0.25) is 19.1 Å². The monoisotopic (exact) mass is 604 g/mol. The van der Waals surface area contributed by atoms with Crippen molar-refractivity contribution in [2.45, 2.75) is 124 Å². The summed E-state index contributed by atoms with van der Waals surface area (Å²) in [7, 11) is -2.76. The van der Waals surface area contributed by atoms with Crippen LogP contribution in [0.15, 0.2) is 18.2 Å². The van der Waals surface area contributed by atoms with Crippen molar-refractivity contribution in [2.75, 3.05) is 31.7 Å². The van der Waals surface area contributed by atoms with E-state index in [0.29, 0.717) is 5.75 Å². The molecule has 6 heteroatoms. The standard InChI is InChI=1S/C30H57O3PSi.BrH/c1-7-11-23-34(24-12-8-2,25-13-9-3)30-27-28(31)20-21-29(30)32-22-18-16-14-15-17-19-26-35(5,6)33-10-4;/h20-21,27H,7-19,22-26H2,1-6H3;1H. The van der Waals surface area contributed by atoms with Crippen LogP contribution in [0.5, 0.6) is 11.5 Å². The summed E-state index contributed by atoms with van der Waals surface area (Å²) in [6, 6.07) is 7.22. The lowest BCUT2D eigenvalue weighted by atomic mass is 10.1. The number of unbranched alkanes of at least 4 members (excludes halogenated alkanes) is 8. The van der Waals surface area contributed by atoms with Gasteiger partial charge < -0.3 is 31.3 Å². The van der Waals surface area contributed by atoms with Crippen LogP contribution in [0.4, 0.5) is 0 Å². The molecule has 0 aliphatic rings. The molecule has 0 saturated carbocycles. The van der Waals surface area contributed by atoms with Crippen LogP contribution >= 0.6 is 7.26 Å². The van der Waals surface area contributed by atoms with Crippen molar-refractivity contribution >= 4 is 20.9 Å². The summed E-state index contributed by atoms with van der Waals surface area (Å²) >= 11 is 0. The number of phenolic OH excluding ortho intramolecular Hbond substituents is 1. The molecule has 0 spiro atoms. The van der Waals surface area contributed by atoms with Gasteiger partial charge in [0.15, 0.2) is 14.1 Å². The minimum atomic E-state index is -1.41. The lowest BCUT2D eigenvalue weighted by Crippen LogP contribution is -3.00. The molecule has 0 amide bonds. The third-order valence-corrected chi connectivity index (χ3v) is 14.8. The molecule has 0 aromatic heterocycles. The van der Waals surface area contributed by atoms with Gasteiger partial charge >= 0.3 is 0 Å². The number of ether oxygens (including phenoxy) is 1. The van der Waals surface area contributed by atoms with Crippen molar-refractivity contribution in [3.05, 3.63) is 18.2 Å². The van der Waals surface area contributed by atoms with Crippen molar-refractivity contribution < 1.29 is 31.3 Å². The molecule has 0 aliphatic carbocycles. The van der Waals surface area contributed by atoms with Gasteiger partial charge in [-0.05, 0) is 63.9 Å². The van der Waals surface area contributed by atoms with Gasteiger partial charge in [-0.2, -0.15) is 0 Å². The fourth-order valence-corrected chi connectivity index (χ4v) is 12.3. The van der Waals surface area contributed by atoms with Gasteiger partial charge in [0.25, 0.3) is 0 Å². The topological polar surface area (TPSA) is 38.7 Å². The summed E-state index contributed by atoms with van der Waals surface area (Å²) in [6.45, 7) is 15.4. The molecule has 3 nitrogen and oxygen atoms in total. The summed E-state index contributed by atoms with van der Waals surface area (Å²) in [5.41, 5.74) is 0. The molecule has 1 aromatic rings. The Balaban J connectivity index is 0.0000122. The molecule has 1 aromatic carbocycles. The van der Waals surface area contributed by atoms with Crippen molar-refractivity contribution in [3.8, 4) is 11.5 Å². The molecule has 0 aliphatic heterocycles. The summed E-state index contributed by atoms with van der Waals surface area (Å²) in [4.78, 5) is 0. The Bertz CT molecular complexity index is 650. The number of phenols is 1. The number of halogens is 1. The zero-order valence-electron chi connectivity index (χ0n) is 24.5. The van der Waals surface area contributed by atoms with Crippen molar-refractivity contribution in [2.24, 2.45) is 0 Å². The first kappa shape index (κ1) is 35.9. The molecule has 0 atom stereocenters. The third kappa shape index (κ3) is 14.2. The van der Waals surface area contributed by atoms with E-state index in [1.165, 1.54) is 100 Å². The quantitative estimate of drug-likeness (QED) is 0.0945. The number of hydrogen-bond acceptors (Lipinski definition) is 3. The van der Waals surface area contributed by atoms with Gasteiger partial charge in [0.2, 0.25) is 0 Å². The molecule has 0 unspecified atom stereocenters. The number of aromatic hydroxyl groups is 1. The molecule has 36 heavy (non-hydrogen) atoms. The van der Waals surface area contributed by atoms with Crippen LogP contribution in [0.3, 0.4) is 0 Å². The predicted octanol–water partition coefficient (Wildman–Crippen LogP) is 6.40. The third-order valence-electron chi connectivity index (χ3n) is 7.24. The van der Waals surface area contributed by atoms with Gasteiger partial charge in [-0.3, -0.25) is 0 Å². The van der Waals surface area contributed by atoms with E-state index in [2.05, 4.69) is 46.9 Å². The van der Waals surface area contributed by atoms with E-state index in [0.717, 1.165) is 25.4 Å². The van der Waals surface area contributed by atoms with Crippen LogP contribution in [0.1, 0.15) is 105 Å². The van der Waals surface area contributed by atoms with E-state index in [9.17, 15) is 5.11 Å². The summed E-state index contributed by atoms with van der Waals surface area (Å²) < 4.78 is 12.4. The van der Waals surface area contributed by atoms with Gasteiger partial charge in [0.1, 0.15) is 11.1 Å². The van der Waals surface area contributed by atoms with Gasteiger partial charge in [-0.15, -0.1) is 0 Å². The van der Waals surface area contributed by atoms with E-state index < -0.39 is 15.6 Å². The van der Waals surface area contributed by atoms with Crippen molar-refractivity contribution in [1.82, 2.24) is 0 Å². The Labute approximate surface area is 236 Å². The number of rotatable bonds is 22. The first-order valence-corrected chi connectivity index (χ1v) is 20.3. The highest BCUT2D eigenvalue weighted by Gasteiger charge is 2.41. The van der Waals surface area contributed by atoms with E-state index in [1.54, 1.807) is 0 Å². The first-order valence-electron chi connectivity index (χ1n) is 14.8. The minimum absolute atomic E-state index is 0. The highest BCUT2D eigenvalue weighted by Crippen LogP contribution is 2.61. The molecule has 0 fully saturated rings. The number of benzene rings is 1. The lowest BCUT2D eigenvalue weighted by molar-refractivity contribution is -0.0000104. The molecule has 0 heterocycles. The SMILES string of the molecule is CCCC[P+](CCCC)(CCCC)c1cc(O)ccc1OCCCCCCCC[Si](C)(C)OCC.[Br-]. The summed E-state index contributed by atoms with van der Waals surface area (Å²) in [5.74, 6) is 1.46. The molecule has 0 bridgehead atoms. The number of hydrogen-bond donors (Lipinski definition) is 1. The van der Waals surface area contributed by atoms with Crippen molar-refractivity contribution in [1.29, 1.82) is 0 Å². The van der Waals surface area contributed by atoms with Crippen LogP contribution in [-0.4, -0.2) is 45.1 Å². The van der Waals surface area contributed by atoms with E-state index in [1.807, 2.05) is 12.1 Å². The lowest BCUT2D eigenvalue weighted by Gasteiger charge is -2.29. The molecule has 1 rings (SSSR count). The van der Waals surface area contributed by atoms with E-state index in [4.69, 9.17) is 9.16 Å². The summed E-state index contributed by atoms with van der Waals surface area (Å²) in [5, 5.41) is 11.8. The van der Waals surface area contributed by atoms with Crippen LogP contribution in [0.25, 0.3) is 0 Å². The fraction of sp³-hybridized carbons (Fsp3) is 0.800. The van der Waals surface area contributed by atoms with Gasteiger partial charge in [0.05, 0.1) is 32.4 Å². The van der Waals surface area contributed by atoms with Gasteiger partial charge in [-0.1, -0.05) is 72.1 Å². The Morgan fingerprint density at radius 1 is 0.750 bits per heavy atom. The maximum atomic E-state index is 10.4. The van der Waals surface area contributed by atoms with Crippen molar-refractivity contribution in [3.63, 3.8) is 0 Å². The smallest absolute Gasteiger partial charge is 0.186 e. The second-order valence-corrected chi connectivity index (χ2v) is 19.4. The average molecular weight is 606 g/mol. The Kier molecular flexibility index (Phi) is 20.8. The largest absolute Gasteiger partial charge is 1.00 e. The molecular weight excluding hydrogens is 547 g/mol. The molecular formula is C30H58BrO3PSi. The molecule has 1 N–H and O–H groups in total. The highest BCUT2D eigenvalue weighted by atomic mass is 79.9. The van der Waals surface area contributed by atoms with Crippen LogP contribution < -0.4 is 27.0 Å². The molecule has 212 valence electrons. The van der Waals surface area contributed by atoms with Crippen LogP contribution in [0, 0.1) is 0 Å². The zero-order chi connectivity index (χ0) is 26.0. The maximum Gasteiger partial charge on any atom is 0.186 e. The maximum absolute atomic E-state index is 10.4. The zero-order valence-corrected chi connectivity index (χ0v) is 28.0. The average Bonchev–Trinajstić information content (AvgIpc) is 2.83. The fourth-order valence-electron chi connectivity index (χ4n) is 5.08. The molecule has 0 radical (unpaired) electrons. The Morgan fingerprint density at radius 3 is 1.81 bits per heavy atom. The van der Waals surface area contributed by atoms with Crippen LogP contribution in [-0.2, 0) is 4.43 Å². The van der Waals surface area contributed by atoms with Gasteiger partial charge in [-0.25, -0.2) is 0 Å². The highest BCUT2D eigenvalue weighted by molar-refractivity contribution is 7.83. The van der Waals surface area contributed by atoms with Gasteiger partial charge in [0, 0.05) is 12.7 Å². The Hall–Kier alpha value is -0.0931. The first-order chi connectivity index (χ1) is 16.8. The summed E-state index contributed by atoms with van der Waals surface area (Å²) in [6.07, 6.45) is 19.0. The minimum Gasteiger partial charge on any atom is -1.00 e.